The number of nitrogens with zero attached hydrogens (tertiary/aromatic N) is 1. The summed E-state index contributed by atoms with van der Waals surface area (Å²) in [6.07, 6.45) is 5.34. The van der Waals surface area contributed by atoms with Crippen LogP contribution in [-0.2, 0) is 14.8 Å². The molecule has 1 fully saturated rings. The number of rotatable bonds is 6. The van der Waals surface area contributed by atoms with Gasteiger partial charge in [0.05, 0.1) is 10.6 Å². The van der Waals surface area contributed by atoms with Crippen LogP contribution in [0.2, 0.25) is 0 Å². The molecule has 2 aromatic rings. The van der Waals surface area contributed by atoms with E-state index in [1.54, 1.807) is 31.2 Å². The smallest absolute Gasteiger partial charge is 0.276 e. The van der Waals surface area contributed by atoms with Crippen LogP contribution in [0.15, 0.2) is 63.0 Å². The first-order valence-corrected chi connectivity index (χ1v) is 11.9. The van der Waals surface area contributed by atoms with Gasteiger partial charge in [0.25, 0.3) is 10.0 Å². The number of carbonyl (C=O) groups excluding carboxylic acids is 1. The number of benzene rings is 2. The van der Waals surface area contributed by atoms with Gasteiger partial charge < -0.3 is 5.32 Å². The minimum atomic E-state index is -3.73. The number of nitrogens with one attached hydrogen (secondary N) is 2. The predicted octanol–water partition coefficient (Wildman–Crippen LogP) is 4.67. The lowest BCUT2D eigenvalue weighted by molar-refractivity contribution is -0.120. The Bertz CT molecular complexity index is 981. The van der Waals surface area contributed by atoms with E-state index in [-0.39, 0.29) is 16.7 Å². The highest BCUT2D eigenvalue weighted by Gasteiger charge is 2.21. The zero-order chi connectivity index (χ0) is 20.9. The second kappa shape index (κ2) is 9.54. The minimum Gasteiger partial charge on any atom is -0.326 e. The van der Waals surface area contributed by atoms with E-state index in [0.29, 0.717) is 5.71 Å². The van der Waals surface area contributed by atoms with Crippen molar-refractivity contribution >= 4 is 43.3 Å². The third kappa shape index (κ3) is 5.90. The molecule has 0 bridgehead atoms. The molecule has 6 nitrogen and oxygen atoms in total. The molecule has 0 unspecified atom stereocenters. The molecule has 2 aromatic carbocycles. The molecular weight excluding hydrogens is 454 g/mol. The Balaban J connectivity index is 1.62. The lowest BCUT2D eigenvalue weighted by Crippen LogP contribution is -2.24. The molecule has 0 atom stereocenters. The first-order valence-electron chi connectivity index (χ1n) is 9.58. The van der Waals surface area contributed by atoms with Crippen LogP contribution in [0.1, 0.15) is 44.6 Å². The maximum absolute atomic E-state index is 12.3. The van der Waals surface area contributed by atoms with Crippen LogP contribution in [0.4, 0.5) is 5.69 Å². The van der Waals surface area contributed by atoms with Gasteiger partial charge in [0.1, 0.15) is 0 Å². The van der Waals surface area contributed by atoms with Crippen molar-refractivity contribution in [3.8, 4) is 0 Å². The lowest BCUT2D eigenvalue weighted by atomic mass is 9.88. The fraction of sp³-hybridized carbons (Fsp3) is 0.333. The number of hydrazone groups is 1. The molecule has 1 aliphatic rings. The molecule has 0 spiro atoms. The number of hydrogen-bond acceptors (Lipinski definition) is 4. The van der Waals surface area contributed by atoms with Gasteiger partial charge in [-0.15, -0.1) is 0 Å². The van der Waals surface area contributed by atoms with Crippen molar-refractivity contribution in [2.24, 2.45) is 11.0 Å². The Labute approximate surface area is 180 Å². The summed E-state index contributed by atoms with van der Waals surface area (Å²) in [6, 6.07) is 13.5. The van der Waals surface area contributed by atoms with E-state index >= 15 is 0 Å². The zero-order valence-corrected chi connectivity index (χ0v) is 18.6. The molecular formula is C21H24BrN3O3S. The maximum atomic E-state index is 12.3. The van der Waals surface area contributed by atoms with E-state index in [4.69, 9.17) is 0 Å². The molecule has 3 rings (SSSR count). The van der Waals surface area contributed by atoms with Crippen LogP contribution in [0, 0.1) is 5.92 Å². The number of sulfonamides is 1. The highest BCUT2D eigenvalue weighted by Crippen LogP contribution is 2.25. The molecule has 1 saturated carbocycles. The predicted molar refractivity (Wildman–Crippen MR) is 118 cm³/mol. The van der Waals surface area contributed by atoms with Crippen LogP contribution < -0.4 is 10.1 Å². The second-order valence-corrected chi connectivity index (χ2v) is 9.72. The molecule has 1 amide bonds. The Kier molecular flexibility index (Phi) is 7.08. The van der Waals surface area contributed by atoms with Gasteiger partial charge in [0.15, 0.2) is 0 Å². The second-order valence-electron chi connectivity index (χ2n) is 7.15. The van der Waals surface area contributed by atoms with Crippen molar-refractivity contribution in [2.75, 3.05) is 5.32 Å². The van der Waals surface area contributed by atoms with Gasteiger partial charge in [-0.3, -0.25) is 4.79 Å². The van der Waals surface area contributed by atoms with Gasteiger partial charge in [-0.2, -0.15) is 18.4 Å². The van der Waals surface area contributed by atoms with E-state index in [9.17, 15) is 13.2 Å². The van der Waals surface area contributed by atoms with Crippen LogP contribution in [0.3, 0.4) is 0 Å². The van der Waals surface area contributed by atoms with E-state index < -0.39 is 10.0 Å². The van der Waals surface area contributed by atoms with Gasteiger partial charge in [-0.1, -0.05) is 47.3 Å². The molecule has 0 aliphatic heterocycles. The molecule has 2 N–H and O–H groups in total. The first-order chi connectivity index (χ1) is 13.8. The normalized spacial score (nSPS) is 15.7. The van der Waals surface area contributed by atoms with E-state index in [2.05, 4.69) is 31.2 Å². The summed E-state index contributed by atoms with van der Waals surface area (Å²) in [5.74, 6) is 0.171. The van der Waals surface area contributed by atoms with Gasteiger partial charge in [-0.05, 0) is 61.7 Å². The third-order valence-corrected chi connectivity index (χ3v) is 6.76. The summed E-state index contributed by atoms with van der Waals surface area (Å²) >= 11 is 3.28. The van der Waals surface area contributed by atoms with Crippen LogP contribution in [0.25, 0.3) is 0 Å². The van der Waals surface area contributed by atoms with Gasteiger partial charge in [0.2, 0.25) is 5.91 Å². The van der Waals surface area contributed by atoms with Crippen LogP contribution >= 0.6 is 15.9 Å². The largest absolute Gasteiger partial charge is 0.326 e. The summed E-state index contributed by atoms with van der Waals surface area (Å²) in [6.45, 7) is 1.72. The average molecular weight is 478 g/mol. The molecule has 8 heteroatoms. The summed E-state index contributed by atoms with van der Waals surface area (Å²) in [5, 5.41) is 6.97. The summed E-state index contributed by atoms with van der Waals surface area (Å²) < 4.78 is 25.4. The topological polar surface area (TPSA) is 87.6 Å². The fourth-order valence-electron chi connectivity index (χ4n) is 3.26. The standard InChI is InChI=1S/C21H24BrN3O3S/c1-15(24-25-29(27,28)20-13-9-18(22)10-14-20)16-7-11-19(12-8-16)23-21(26)17-5-3-2-4-6-17/h7-14,17,25H,2-6H2,1H3,(H,23,26)/b24-15-. The number of anilines is 1. The van der Waals surface area contributed by atoms with E-state index in [1.807, 2.05) is 12.1 Å². The molecule has 0 aromatic heterocycles. The zero-order valence-electron chi connectivity index (χ0n) is 16.2. The Morgan fingerprint density at radius 2 is 1.62 bits per heavy atom. The van der Waals surface area contributed by atoms with Crippen molar-refractivity contribution in [1.82, 2.24) is 4.83 Å². The summed E-state index contributed by atoms with van der Waals surface area (Å²) in [4.78, 5) is 14.7. The van der Waals surface area contributed by atoms with Crippen molar-refractivity contribution in [3.63, 3.8) is 0 Å². The van der Waals surface area contributed by atoms with Gasteiger partial charge >= 0.3 is 0 Å². The fourth-order valence-corrected chi connectivity index (χ4v) is 4.38. The van der Waals surface area contributed by atoms with Gasteiger partial charge in [-0.25, -0.2) is 0 Å². The Hall–Kier alpha value is -2.19. The van der Waals surface area contributed by atoms with E-state index in [1.165, 1.54) is 18.6 Å². The molecule has 0 heterocycles. The summed E-state index contributed by atoms with van der Waals surface area (Å²) in [7, 11) is -3.73. The van der Waals surface area contributed by atoms with E-state index in [0.717, 1.165) is 41.4 Å². The SMILES string of the molecule is C/C(=N/NS(=O)(=O)c1ccc(Br)cc1)c1ccc(NC(=O)C2CCCCC2)cc1. The average Bonchev–Trinajstić information content (AvgIpc) is 2.73. The Morgan fingerprint density at radius 1 is 1.00 bits per heavy atom. The molecule has 0 radical (unpaired) electrons. The van der Waals surface area contributed by atoms with Gasteiger partial charge in [0, 0.05) is 16.1 Å². The van der Waals surface area contributed by atoms with Crippen molar-refractivity contribution in [1.29, 1.82) is 0 Å². The molecule has 154 valence electrons. The van der Waals surface area contributed by atoms with Crippen LogP contribution in [-0.4, -0.2) is 20.0 Å². The Morgan fingerprint density at radius 3 is 2.24 bits per heavy atom. The maximum Gasteiger partial charge on any atom is 0.276 e. The monoisotopic (exact) mass is 477 g/mol. The first kappa shape index (κ1) is 21.5. The highest BCUT2D eigenvalue weighted by atomic mass is 79.9. The van der Waals surface area contributed by atoms with Crippen molar-refractivity contribution in [2.45, 2.75) is 43.9 Å². The molecule has 1 aliphatic carbocycles. The van der Waals surface area contributed by atoms with Crippen LogP contribution in [0.5, 0.6) is 0 Å². The molecule has 0 saturated heterocycles. The lowest BCUT2D eigenvalue weighted by Gasteiger charge is -2.20. The summed E-state index contributed by atoms with van der Waals surface area (Å²) in [5.41, 5.74) is 2.02. The number of halogens is 1. The molecule has 29 heavy (non-hydrogen) atoms. The number of hydrogen-bond donors (Lipinski definition) is 2. The number of amides is 1. The minimum absolute atomic E-state index is 0.0742. The highest BCUT2D eigenvalue weighted by molar-refractivity contribution is 9.10. The van der Waals surface area contributed by atoms with Crippen molar-refractivity contribution in [3.05, 3.63) is 58.6 Å². The third-order valence-electron chi connectivity index (χ3n) is 5.00. The number of carbonyl (C=O) groups is 1. The quantitative estimate of drug-likeness (QED) is 0.467. The van der Waals surface area contributed by atoms with Crippen molar-refractivity contribution < 1.29 is 13.2 Å².